The molecule has 1 atom stereocenters. The summed E-state index contributed by atoms with van der Waals surface area (Å²) in [6, 6.07) is 12.5. The minimum absolute atomic E-state index is 0.198. The summed E-state index contributed by atoms with van der Waals surface area (Å²) >= 11 is 6.00. The zero-order valence-electron chi connectivity index (χ0n) is 15.9. The number of sulfonamides is 1. The van der Waals surface area contributed by atoms with E-state index < -0.39 is 22.0 Å². The third-order valence-electron chi connectivity index (χ3n) is 3.91. The number of para-hydroxylation sites is 1. The number of hydrogen-bond donors (Lipinski definition) is 1. The number of hydrogen-bond acceptors (Lipinski definition) is 5. The third-order valence-corrected chi connectivity index (χ3v) is 5.46. The number of ether oxygens (including phenoxy) is 2. The third kappa shape index (κ3) is 5.77. The molecule has 2 aromatic rings. The maximum Gasteiger partial charge on any atom is 0.243 e. The lowest BCUT2D eigenvalue weighted by molar-refractivity contribution is -0.121. The van der Waals surface area contributed by atoms with Crippen LogP contribution in [0.25, 0.3) is 0 Å². The van der Waals surface area contributed by atoms with Gasteiger partial charge in [-0.25, -0.2) is 8.42 Å². The molecule has 1 N–H and O–H groups in total. The number of rotatable bonds is 9. The summed E-state index contributed by atoms with van der Waals surface area (Å²) in [7, 11) is -2.16. The van der Waals surface area contributed by atoms with Crippen LogP contribution >= 0.6 is 11.6 Å². The highest BCUT2D eigenvalue weighted by Crippen LogP contribution is 2.24. The van der Waals surface area contributed by atoms with Gasteiger partial charge in [-0.15, -0.1) is 0 Å². The van der Waals surface area contributed by atoms with Gasteiger partial charge >= 0.3 is 0 Å². The standard InChI is InChI=1S/C19H23ClN2O5S/c1-14(19(23)21-12-13-27-18-7-5-4-6-17(18)20)22(28(3,24)25)15-8-10-16(26-2)11-9-15/h4-11,14H,12-13H2,1-3H3,(H,21,23). The number of carbonyl (C=O) groups excluding carboxylic acids is 1. The molecule has 0 saturated heterocycles. The van der Waals surface area contributed by atoms with Crippen LogP contribution in [-0.4, -0.2) is 46.9 Å². The second kappa shape index (κ2) is 9.66. The van der Waals surface area contributed by atoms with Crippen LogP contribution in [0.3, 0.4) is 0 Å². The Morgan fingerprint density at radius 2 is 1.82 bits per heavy atom. The Hall–Kier alpha value is -2.45. The lowest BCUT2D eigenvalue weighted by atomic mass is 10.2. The highest BCUT2D eigenvalue weighted by molar-refractivity contribution is 7.92. The number of anilines is 1. The minimum atomic E-state index is -3.68. The largest absolute Gasteiger partial charge is 0.497 e. The lowest BCUT2D eigenvalue weighted by Gasteiger charge is -2.28. The number of carbonyl (C=O) groups is 1. The molecule has 0 bridgehead atoms. The number of halogens is 1. The molecular formula is C19H23ClN2O5S. The second-order valence-electron chi connectivity index (χ2n) is 6.00. The first-order valence-electron chi connectivity index (χ1n) is 8.52. The average Bonchev–Trinajstić information content (AvgIpc) is 2.66. The molecule has 2 rings (SSSR count). The Morgan fingerprint density at radius 3 is 2.39 bits per heavy atom. The summed E-state index contributed by atoms with van der Waals surface area (Å²) in [4.78, 5) is 12.5. The molecule has 0 aliphatic carbocycles. The van der Waals surface area contributed by atoms with Crippen molar-refractivity contribution in [2.24, 2.45) is 0 Å². The van der Waals surface area contributed by atoms with Gasteiger partial charge in [-0.05, 0) is 43.3 Å². The monoisotopic (exact) mass is 426 g/mol. The van der Waals surface area contributed by atoms with E-state index in [1.165, 1.54) is 14.0 Å². The van der Waals surface area contributed by atoms with Gasteiger partial charge < -0.3 is 14.8 Å². The quantitative estimate of drug-likeness (QED) is 0.623. The highest BCUT2D eigenvalue weighted by atomic mass is 35.5. The summed E-state index contributed by atoms with van der Waals surface area (Å²) in [6.07, 6.45) is 1.06. The maximum absolute atomic E-state index is 12.5. The van der Waals surface area contributed by atoms with Gasteiger partial charge in [0.05, 0.1) is 30.6 Å². The van der Waals surface area contributed by atoms with Crippen molar-refractivity contribution in [3.8, 4) is 11.5 Å². The molecule has 0 aliphatic heterocycles. The molecule has 0 aromatic heterocycles. The van der Waals surface area contributed by atoms with Crippen molar-refractivity contribution < 1.29 is 22.7 Å². The molecule has 2 aromatic carbocycles. The molecule has 0 saturated carbocycles. The van der Waals surface area contributed by atoms with E-state index >= 15 is 0 Å². The van der Waals surface area contributed by atoms with Crippen LogP contribution in [0.15, 0.2) is 48.5 Å². The first-order chi connectivity index (χ1) is 13.2. The zero-order valence-corrected chi connectivity index (χ0v) is 17.5. The molecule has 7 nitrogen and oxygen atoms in total. The van der Waals surface area contributed by atoms with E-state index in [-0.39, 0.29) is 13.2 Å². The topological polar surface area (TPSA) is 84.9 Å². The van der Waals surface area contributed by atoms with E-state index in [1.807, 2.05) is 0 Å². The van der Waals surface area contributed by atoms with Gasteiger partial charge in [0.25, 0.3) is 0 Å². The Balaban J connectivity index is 2.00. The van der Waals surface area contributed by atoms with Crippen LogP contribution in [0.2, 0.25) is 5.02 Å². The van der Waals surface area contributed by atoms with Crippen molar-refractivity contribution in [3.05, 3.63) is 53.6 Å². The fraction of sp³-hybridized carbons (Fsp3) is 0.316. The molecule has 0 radical (unpaired) electrons. The lowest BCUT2D eigenvalue weighted by Crippen LogP contribution is -2.48. The first-order valence-corrected chi connectivity index (χ1v) is 10.7. The van der Waals surface area contributed by atoms with Crippen LogP contribution in [0.1, 0.15) is 6.92 Å². The molecular weight excluding hydrogens is 404 g/mol. The van der Waals surface area contributed by atoms with Crippen LogP contribution in [0, 0.1) is 0 Å². The van der Waals surface area contributed by atoms with Crippen molar-refractivity contribution in [2.75, 3.05) is 30.8 Å². The van der Waals surface area contributed by atoms with Gasteiger partial charge in [0.1, 0.15) is 24.1 Å². The van der Waals surface area contributed by atoms with Gasteiger partial charge in [0, 0.05) is 0 Å². The average molecular weight is 427 g/mol. The van der Waals surface area contributed by atoms with Gasteiger partial charge in [0.2, 0.25) is 15.9 Å². The Kier molecular flexibility index (Phi) is 7.53. The molecule has 0 heterocycles. The normalized spacial score (nSPS) is 12.1. The fourth-order valence-electron chi connectivity index (χ4n) is 2.58. The Bertz CT molecular complexity index is 903. The number of benzene rings is 2. The fourth-order valence-corrected chi connectivity index (χ4v) is 3.95. The van der Waals surface area contributed by atoms with Crippen molar-refractivity contribution >= 4 is 33.2 Å². The summed E-state index contributed by atoms with van der Waals surface area (Å²) < 4.78 is 36.2. The smallest absolute Gasteiger partial charge is 0.243 e. The minimum Gasteiger partial charge on any atom is -0.497 e. The summed E-state index contributed by atoms with van der Waals surface area (Å²) in [5.74, 6) is 0.664. The maximum atomic E-state index is 12.5. The van der Waals surface area contributed by atoms with Crippen LogP contribution in [0.5, 0.6) is 11.5 Å². The number of nitrogens with one attached hydrogen (secondary N) is 1. The summed E-state index contributed by atoms with van der Waals surface area (Å²) in [5.41, 5.74) is 0.373. The van der Waals surface area contributed by atoms with E-state index in [2.05, 4.69) is 5.32 Å². The van der Waals surface area contributed by atoms with Gasteiger partial charge in [0.15, 0.2) is 0 Å². The van der Waals surface area contributed by atoms with Gasteiger partial charge in [-0.2, -0.15) is 0 Å². The highest BCUT2D eigenvalue weighted by Gasteiger charge is 2.28. The number of nitrogens with zero attached hydrogens (tertiary/aromatic N) is 1. The van der Waals surface area contributed by atoms with Crippen LogP contribution in [-0.2, 0) is 14.8 Å². The summed E-state index contributed by atoms with van der Waals surface area (Å²) in [6.45, 7) is 1.92. The van der Waals surface area contributed by atoms with Gasteiger partial charge in [-0.1, -0.05) is 23.7 Å². The Morgan fingerprint density at radius 1 is 1.18 bits per heavy atom. The van der Waals surface area contributed by atoms with Crippen molar-refractivity contribution in [1.82, 2.24) is 5.32 Å². The predicted molar refractivity (Wildman–Crippen MR) is 110 cm³/mol. The SMILES string of the molecule is COc1ccc(N(C(C)C(=O)NCCOc2ccccc2Cl)S(C)(=O)=O)cc1. The van der Waals surface area contributed by atoms with Crippen LogP contribution in [0.4, 0.5) is 5.69 Å². The molecule has 0 spiro atoms. The number of amides is 1. The predicted octanol–water partition coefficient (Wildman–Crippen LogP) is 2.70. The summed E-state index contributed by atoms with van der Waals surface area (Å²) in [5, 5.41) is 3.16. The van der Waals surface area contributed by atoms with Gasteiger partial charge in [-0.3, -0.25) is 9.10 Å². The van der Waals surface area contributed by atoms with E-state index in [0.717, 1.165) is 10.6 Å². The van der Waals surface area contributed by atoms with Crippen molar-refractivity contribution in [2.45, 2.75) is 13.0 Å². The number of methoxy groups -OCH3 is 1. The van der Waals surface area contributed by atoms with Crippen molar-refractivity contribution in [3.63, 3.8) is 0 Å². The van der Waals surface area contributed by atoms with E-state index in [9.17, 15) is 13.2 Å². The molecule has 0 aliphatic rings. The molecule has 28 heavy (non-hydrogen) atoms. The van der Waals surface area contributed by atoms with E-state index in [0.29, 0.717) is 22.2 Å². The molecule has 152 valence electrons. The Labute approximate surface area is 170 Å². The van der Waals surface area contributed by atoms with Crippen molar-refractivity contribution in [1.29, 1.82) is 0 Å². The van der Waals surface area contributed by atoms with E-state index in [1.54, 1.807) is 48.5 Å². The molecule has 9 heteroatoms. The molecule has 1 amide bonds. The zero-order chi connectivity index (χ0) is 20.7. The van der Waals surface area contributed by atoms with Crippen LogP contribution < -0.4 is 19.1 Å². The first kappa shape index (κ1) is 21.8. The molecule has 0 fully saturated rings. The molecule has 1 unspecified atom stereocenters. The second-order valence-corrected chi connectivity index (χ2v) is 8.27. The van der Waals surface area contributed by atoms with E-state index in [4.69, 9.17) is 21.1 Å².